The standard InChI is InChI=1S/C13H23N3O2S2/c1-3-15(4-2)13(19)20-9-11(17)16-8-6-5-7-10(16)12(14)18/h10H,3-9H2,1-2H3,(H2,14,18)/t10-/m1/s1. The van der Waals surface area contributed by atoms with Crippen molar-refractivity contribution in [2.75, 3.05) is 25.4 Å². The van der Waals surface area contributed by atoms with Crippen molar-refractivity contribution in [3.05, 3.63) is 0 Å². The number of piperidine rings is 1. The molecule has 114 valence electrons. The molecule has 0 saturated carbocycles. The number of thioether (sulfide) groups is 1. The second kappa shape index (κ2) is 8.46. The molecular weight excluding hydrogens is 294 g/mol. The first-order chi connectivity index (χ1) is 9.51. The Labute approximate surface area is 130 Å². The molecule has 0 aromatic heterocycles. The molecular formula is C13H23N3O2S2. The van der Waals surface area contributed by atoms with Gasteiger partial charge in [-0.3, -0.25) is 9.59 Å². The van der Waals surface area contributed by atoms with Crippen LogP contribution in [0.5, 0.6) is 0 Å². The van der Waals surface area contributed by atoms with Crippen LogP contribution in [0, 0.1) is 0 Å². The lowest BCUT2D eigenvalue weighted by atomic mass is 10.0. The van der Waals surface area contributed by atoms with E-state index in [9.17, 15) is 9.59 Å². The molecule has 20 heavy (non-hydrogen) atoms. The first-order valence-corrected chi connectivity index (χ1v) is 8.41. The lowest BCUT2D eigenvalue weighted by molar-refractivity contribution is -0.138. The number of carbonyl (C=O) groups excluding carboxylic acids is 2. The van der Waals surface area contributed by atoms with E-state index in [0.717, 1.165) is 30.3 Å². The highest BCUT2D eigenvalue weighted by atomic mass is 32.2. The highest BCUT2D eigenvalue weighted by Crippen LogP contribution is 2.19. The van der Waals surface area contributed by atoms with Crippen molar-refractivity contribution in [3.8, 4) is 0 Å². The molecule has 0 aromatic rings. The minimum atomic E-state index is -0.445. The van der Waals surface area contributed by atoms with E-state index in [1.165, 1.54) is 11.8 Å². The van der Waals surface area contributed by atoms with Crippen molar-refractivity contribution in [2.45, 2.75) is 39.2 Å². The molecule has 7 heteroatoms. The van der Waals surface area contributed by atoms with Crippen molar-refractivity contribution in [3.63, 3.8) is 0 Å². The molecule has 0 radical (unpaired) electrons. The SMILES string of the molecule is CCN(CC)C(=S)SCC(=O)N1CCCC[C@@H]1C(N)=O. The molecule has 1 fully saturated rings. The molecule has 0 aliphatic carbocycles. The van der Waals surface area contributed by atoms with Gasteiger partial charge in [-0.1, -0.05) is 24.0 Å². The Morgan fingerprint density at radius 1 is 1.35 bits per heavy atom. The summed E-state index contributed by atoms with van der Waals surface area (Å²) in [5.74, 6) is -0.179. The van der Waals surface area contributed by atoms with Gasteiger partial charge in [0.05, 0.1) is 5.75 Å². The Kier molecular flexibility index (Phi) is 7.29. The second-order valence-electron chi connectivity index (χ2n) is 4.73. The third-order valence-corrected chi connectivity index (χ3v) is 5.00. The zero-order valence-electron chi connectivity index (χ0n) is 12.1. The number of carbonyl (C=O) groups is 2. The van der Waals surface area contributed by atoms with Crippen molar-refractivity contribution in [2.24, 2.45) is 5.73 Å². The molecule has 0 aromatic carbocycles. The Balaban J connectivity index is 2.52. The summed E-state index contributed by atoms with van der Waals surface area (Å²) < 4.78 is 0.732. The van der Waals surface area contributed by atoms with Crippen LogP contribution in [0.15, 0.2) is 0 Å². The van der Waals surface area contributed by atoms with Crippen LogP contribution < -0.4 is 5.73 Å². The van der Waals surface area contributed by atoms with E-state index in [2.05, 4.69) is 0 Å². The van der Waals surface area contributed by atoms with E-state index in [1.807, 2.05) is 18.7 Å². The van der Waals surface area contributed by atoms with E-state index in [0.29, 0.717) is 13.0 Å². The van der Waals surface area contributed by atoms with Gasteiger partial charge in [0.1, 0.15) is 10.4 Å². The van der Waals surface area contributed by atoms with Gasteiger partial charge in [-0.15, -0.1) is 0 Å². The fraction of sp³-hybridized carbons (Fsp3) is 0.769. The van der Waals surface area contributed by atoms with Crippen LogP contribution in [0.1, 0.15) is 33.1 Å². The lowest BCUT2D eigenvalue weighted by Gasteiger charge is -2.33. The van der Waals surface area contributed by atoms with Gasteiger partial charge in [0, 0.05) is 19.6 Å². The van der Waals surface area contributed by atoms with E-state index >= 15 is 0 Å². The van der Waals surface area contributed by atoms with Crippen LogP contribution in [0.4, 0.5) is 0 Å². The Hall–Kier alpha value is -0.820. The average Bonchev–Trinajstić information content (AvgIpc) is 2.46. The van der Waals surface area contributed by atoms with E-state index in [1.54, 1.807) is 4.90 Å². The minimum Gasteiger partial charge on any atom is -0.368 e. The number of hydrogen-bond acceptors (Lipinski definition) is 4. The van der Waals surface area contributed by atoms with Crippen LogP contribution in [-0.2, 0) is 9.59 Å². The normalized spacial score (nSPS) is 18.7. The first-order valence-electron chi connectivity index (χ1n) is 7.01. The summed E-state index contributed by atoms with van der Waals surface area (Å²) >= 11 is 6.66. The van der Waals surface area contributed by atoms with Gasteiger partial charge in [-0.2, -0.15) is 0 Å². The Morgan fingerprint density at radius 2 is 2.00 bits per heavy atom. The van der Waals surface area contributed by atoms with Crippen LogP contribution in [0.25, 0.3) is 0 Å². The maximum atomic E-state index is 12.2. The second-order valence-corrected chi connectivity index (χ2v) is 6.34. The molecule has 1 rings (SSSR count). The molecule has 1 heterocycles. The third-order valence-electron chi connectivity index (χ3n) is 3.49. The highest BCUT2D eigenvalue weighted by molar-refractivity contribution is 8.23. The predicted molar refractivity (Wildman–Crippen MR) is 86.5 cm³/mol. The van der Waals surface area contributed by atoms with E-state index < -0.39 is 11.9 Å². The van der Waals surface area contributed by atoms with Crippen molar-refractivity contribution in [1.29, 1.82) is 0 Å². The van der Waals surface area contributed by atoms with Gasteiger partial charge < -0.3 is 15.5 Å². The zero-order valence-corrected chi connectivity index (χ0v) is 13.8. The van der Waals surface area contributed by atoms with Crippen LogP contribution in [0.3, 0.4) is 0 Å². The number of nitrogens with zero attached hydrogens (tertiary/aromatic N) is 2. The Bertz CT molecular complexity index is 373. The quantitative estimate of drug-likeness (QED) is 0.772. The number of primary amides is 1. The van der Waals surface area contributed by atoms with E-state index in [-0.39, 0.29) is 11.7 Å². The predicted octanol–water partition coefficient (Wildman–Crippen LogP) is 1.21. The molecule has 1 atom stereocenters. The molecule has 0 bridgehead atoms. The molecule has 0 unspecified atom stereocenters. The smallest absolute Gasteiger partial charge is 0.240 e. The maximum Gasteiger partial charge on any atom is 0.240 e. The number of nitrogens with two attached hydrogens (primary N) is 1. The fourth-order valence-electron chi connectivity index (χ4n) is 2.31. The molecule has 2 amide bonds. The minimum absolute atomic E-state index is 0.0481. The summed E-state index contributed by atoms with van der Waals surface area (Å²) in [5, 5.41) is 0. The van der Waals surface area contributed by atoms with E-state index in [4.69, 9.17) is 18.0 Å². The fourth-order valence-corrected chi connectivity index (χ4v) is 3.59. The van der Waals surface area contributed by atoms with Gasteiger partial charge in [0.2, 0.25) is 11.8 Å². The topological polar surface area (TPSA) is 66.6 Å². The largest absolute Gasteiger partial charge is 0.368 e. The van der Waals surface area contributed by atoms with Gasteiger partial charge in [-0.25, -0.2) is 0 Å². The van der Waals surface area contributed by atoms with Gasteiger partial charge in [0.25, 0.3) is 0 Å². The highest BCUT2D eigenvalue weighted by Gasteiger charge is 2.30. The van der Waals surface area contributed by atoms with Crippen LogP contribution >= 0.6 is 24.0 Å². The summed E-state index contributed by atoms with van der Waals surface area (Å²) in [7, 11) is 0. The van der Waals surface area contributed by atoms with Crippen LogP contribution in [-0.4, -0.2) is 57.4 Å². The van der Waals surface area contributed by atoms with Crippen molar-refractivity contribution in [1.82, 2.24) is 9.80 Å². The summed E-state index contributed by atoms with van der Waals surface area (Å²) in [6, 6.07) is -0.445. The van der Waals surface area contributed by atoms with Crippen LogP contribution in [0.2, 0.25) is 0 Å². The van der Waals surface area contributed by atoms with Crippen molar-refractivity contribution >= 4 is 40.1 Å². The van der Waals surface area contributed by atoms with Gasteiger partial charge >= 0.3 is 0 Å². The molecule has 1 aliphatic rings. The monoisotopic (exact) mass is 317 g/mol. The number of amides is 2. The third kappa shape index (κ3) is 4.63. The number of thiocarbonyl (C=S) groups is 1. The lowest BCUT2D eigenvalue weighted by Crippen LogP contribution is -2.51. The first kappa shape index (κ1) is 17.2. The molecule has 1 aliphatic heterocycles. The summed E-state index contributed by atoms with van der Waals surface area (Å²) in [6.07, 6.45) is 2.55. The maximum absolute atomic E-state index is 12.2. The molecule has 2 N–H and O–H groups in total. The summed E-state index contributed by atoms with van der Waals surface area (Å²) in [4.78, 5) is 27.3. The number of hydrogen-bond donors (Lipinski definition) is 1. The Morgan fingerprint density at radius 3 is 2.55 bits per heavy atom. The summed E-state index contributed by atoms with van der Waals surface area (Å²) in [6.45, 7) is 6.36. The molecule has 0 spiro atoms. The molecule has 5 nitrogen and oxygen atoms in total. The van der Waals surface area contributed by atoms with Crippen molar-refractivity contribution < 1.29 is 9.59 Å². The molecule has 1 saturated heterocycles. The zero-order chi connectivity index (χ0) is 15.1. The number of likely N-dealkylation sites (tertiary alicyclic amines) is 1. The summed E-state index contributed by atoms with van der Waals surface area (Å²) in [5.41, 5.74) is 5.37. The van der Waals surface area contributed by atoms with Gasteiger partial charge in [0.15, 0.2) is 0 Å². The average molecular weight is 317 g/mol. The number of rotatable bonds is 5. The van der Waals surface area contributed by atoms with Gasteiger partial charge in [-0.05, 0) is 33.1 Å².